The van der Waals surface area contributed by atoms with Crippen molar-refractivity contribution in [1.29, 1.82) is 5.26 Å². The van der Waals surface area contributed by atoms with E-state index in [9.17, 15) is 5.26 Å². The fourth-order valence-electron chi connectivity index (χ4n) is 2.83. The number of benzene rings is 1. The molecular weight excluding hydrogens is 252 g/mol. The third-order valence-electron chi connectivity index (χ3n) is 4.21. The Bertz CT molecular complexity index is 466. The molecule has 2 N–H and O–H groups in total. The second-order valence-electron chi connectivity index (χ2n) is 5.51. The Morgan fingerprint density at radius 3 is 3.00 bits per heavy atom. The van der Waals surface area contributed by atoms with E-state index in [0.717, 1.165) is 37.2 Å². The Morgan fingerprint density at radius 2 is 2.26 bits per heavy atom. The standard InChI is InChI=1S/C16H22N2S/c1-13-5-2-3-6-14(13)11-19-10-8-15-7-4-9-16(15,18)12-17/h2-3,5-6,15H,4,7-11,18H2,1H3. The first-order valence-electron chi connectivity index (χ1n) is 6.98. The van der Waals surface area contributed by atoms with Crippen molar-refractivity contribution in [3.8, 4) is 6.07 Å². The SMILES string of the molecule is Cc1ccccc1CSCCC1CCCC1(N)C#N. The Hall–Kier alpha value is -0.980. The van der Waals surface area contributed by atoms with Crippen LogP contribution in [0, 0.1) is 24.2 Å². The summed E-state index contributed by atoms with van der Waals surface area (Å²) >= 11 is 1.95. The van der Waals surface area contributed by atoms with Gasteiger partial charge in [-0.15, -0.1) is 0 Å². The predicted octanol–water partition coefficient (Wildman–Crippen LogP) is 3.64. The largest absolute Gasteiger partial charge is 0.313 e. The molecule has 102 valence electrons. The van der Waals surface area contributed by atoms with E-state index < -0.39 is 5.54 Å². The first-order chi connectivity index (χ1) is 9.15. The molecule has 0 bridgehead atoms. The maximum Gasteiger partial charge on any atom is 0.107 e. The second kappa shape index (κ2) is 6.45. The molecule has 2 unspecified atom stereocenters. The van der Waals surface area contributed by atoms with Crippen LogP contribution in [0.4, 0.5) is 0 Å². The number of hydrogen-bond acceptors (Lipinski definition) is 3. The average molecular weight is 274 g/mol. The molecule has 0 aromatic heterocycles. The van der Waals surface area contributed by atoms with Gasteiger partial charge in [0.15, 0.2) is 0 Å². The molecule has 1 aromatic rings. The third kappa shape index (κ3) is 3.52. The monoisotopic (exact) mass is 274 g/mol. The molecule has 0 aliphatic heterocycles. The highest BCUT2D eigenvalue weighted by Gasteiger charge is 2.39. The van der Waals surface area contributed by atoms with E-state index in [4.69, 9.17) is 5.73 Å². The molecule has 2 nitrogen and oxygen atoms in total. The van der Waals surface area contributed by atoms with E-state index in [2.05, 4.69) is 37.3 Å². The van der Waals surface area contributed by atoms with Gasteiger partial charge in [-0.25, -0.2) is 0 Å². The Labute approximate surface area is 120 Å². The van der Waals surface area contributed by atoms with Crippen molar-refractivity contribution >= 4 is 11.8 Å². The van der Waals surface area contributed by atoms with Gasteiger partial charge in [0.1, 0.15) is 5.54 Å². The molecule has 2 rings (SSSR count). The summed E-state index contributed by atoms with van der Waals surface area (Å²) < 4.78 is 0. The van der Waals surface area contributed by atoms with Crippen molar-refractivity contribution < 1.29 is 0 Å². The van der Waals surface area contributed by atoms with E-state index in [0.29, 0.717) is 5.92 Å². The van der Waals surface area contributed by atoms with Gasteiger partial charge in [-0.1, -0.05) is 30.7 Å². The topological polar surface area (TPSA) is 49.8 Å². The van der Waals surface area contributed by atoms with Crippen molar-refractivity contribution in [3.05, 3.63) is 35.4 Å². The Kier molecular flexibility index (Phi) is 4.90. The van der Waals surface area contributed by atoms with Gasteiger partial charge in [-0.05, 0) is 49.0 Å². The molecule has 0 spiro atoms. The first kappa shape index (κ1) is 14.4. The highest BCUT2D eigenvalue weighted by molar-refractivity contribution is 7.98. The van der Waals surface area contributed by atoms with Gasteiger partial charge >= 0.3 is 0 Å². The number of thioether (sulfide) groups is 1. The van der Waals surface area contributed by atoms with Gasteiger partial charge < -0.3 is 5.73 Å². The minimum atomic E-state index is -0.552. The lowest BCUT2D eigenvalue weighted by Crippen LogP contribution is -2.41. The van der Waals surface area contributed by atoms with Crippen LogP contribution in [0.3, 0.4) is 0 Å². The van der Waals surface area contributed by atoms with Gasteiger partial charge in [0, 0.05) is 5.75 Å². The van der Waals surface area contributed by atoms with Crippen molar-refractivity contribution in [3.63, 3.8) is 0 Å². The van der Waals surface area contributed by atoms with Crippen LogP contribution in [-0.2, 0) is 5.75 Å². The number of nitrogens with zero attached hydrogens (tertiary/aromatic N) is 1. The van der Waals surface area contributed by atoms with E-state index in [1.807, 2.05) is 11.8 Å². The zero-order valence-electron chi connectivity index (χ0n) is 11.6. The fourth-order valence-corrected chi connectivity index (χ4v) is 3.97. The zero-order chi connectivity index (χ0) is 13.7. The number of nitrogens with two attached hydrogens (primary N) is 1. The van der Waals surface area contributed by atoms with Crippen LogP contribution >= 0.6 is 11.8 Å². The van der Waals surface area contributed by atoms with Crippen LogP contribution < -0.4 is 5.73 Å². The first-order valence-corrected chi connectivity index (χ1v) is 8.13. The molecule has 1 saturated carbocycles. The molecule has 1 aromatic carbocycles. The maximum absolute atomic E-state index is 9.18. The normalized spacial score (nSPS) is 26.3. The summed E-state index contributed by atoms with van der Waals surface area (Å²) in [6, 6.07) is 10.9. The number of nitriles is 1. The molecule has 0 heterocycles. The minimum Gasteiger partial charge on any atom is -0.313 e. The van der Waals surface area contributed by atoms with E-state index in [1.165, 1.54) is 11.1 Å². The smallest absolute Gasteiger partial charge is 0.107 e. The van der Waals surface area contributed by atoms with Gasteiger partial charge in [-0.2, -0.15) is 17.0 Å². The van der Waals surface area contributed by atoms with Crippen LogP contribution in [0.2, 0.25) is 0 Å². The quantitative estimate of drug-likeness (QED) is 0.834. The molecule has 3 heteroatoms. The van der Waals surface area contributed by atoms with Crippen molar-refractivity contribution in [2.24, 2.45) is 11.7 Å². The summed E-state index contributed by atoms with van der Waals surface area (Å²) in [5, 5.41) is 9.18. The summed E-state index contributed by atoms with van der Waals surface area (Å²) in [5.41, 5.74) is 8.37. The molecule has 0 saturated heterocycles. The zero-order valence-corrected chi connectivity index (χ0v) is 12.4. The second-order valence-corrected chi connectivity index (χ2v) is 6.61. The molecule has 19 heavy (non-hydrogen) atoms. The molecule has 0 amide bonds. The summed E-state index contributed by atoms with van der Waals surface area (Å²) in [4.78, 5) is 0. The van der Waals surface area contributed by atoms with Crippen LogP contribution in [0.1, 0.15) is 36.8 Å². The van der Waals surface area contributed by atoms with Crippen LogP contribution in [-0.4, -0.2) is 11.3 Å². The van der Waals surface area contributed by atoms with Gasteiger partial charge in [-0.3, -0.25) is 0 Å². The number of hydrogen-bond donors (Lipinski definition) is 1. The molecule has 1 fully saturated rings. The molecule has 2 atom stereocenters. The maximum atomic E-state index is 9.18. The van der Waals surface area contributed by atoms with Crippen molar-refractivity contribution in [1.82, 2.24) is 0 Å². The minimum absolute atomic E-state index is 0.391. The van der Waals surface area contributed by atoms with Crippen LogP contribution in [0.5, 0.6) is 0 Å². The summed E-state index contributed by atoms with van der Waals surface area (Å²) in [6.07, 6.45) is 4.17. The van der Waals surface area contributed by atoms with Gasteiger partial charge in [0.25, 0.3) is 0 Å². The Morgan fingerprint density at radius 1 is 1.47 bits per heavy atom. The van der Waals surface area contributed by atoms with Gasteiger partial charge in [0.2, 0.25) is 0 Å². The van der Waals surface area contributed by atoms with E-state index >= 15 is 0 Å². The van der Waals surface area contributed by atoms with E-state index in [-0.39, 0.29) is 0 Å². The number of aryl methyl sites for hydroxylation is 1. The molecule has 1 aliphatic carbocycles. The molecule has 0 radical (unpaired) electrons. The molecule has 1 aliphatic rings. The van der Waals surface area contributed by atoms with Crippen molar-refractivity contribution in [2.45, 2.75) is 43.9 Å². The van der Waals surface area contributed by atoms with Crippen LogP contribution in [0.25, 0.3) is 0 Å². The lowest BCUT2D eigenvalue weighted by molar-refractivity contribution is 0.389. The van der Waals surface area contributed by atoms with E-state index in [1.54, 1.807) is 0 Å². The summed E-state index contributed by atoms with van der Waals surface area (Å²) in [7, 11) is 0. The average Bonchev–Trinajstić information content (AvgIpc) is 2.79. The summed E-state index contributed by atoms with van der Waals surface area (Å²) in [5.74, 6) is 2.55. The predicted molar refractivity (Wildman–Crippen MR) is 81.8 cm³/mol. The highest BCUT2D eigenvalue weighted by atomic mass is 32.2. The molecular formula is C16H22N2S. The third-order valence-corrected chi connectivity index (χ3v) is 5.25. The van der Waals surface area contributed by atoms with Crippen molar-refractivity contribution in [2.75, 3.05) is 5.75 Å². The lowest BCUT2D eigenvalue weighted by atomic mass is 9.88. The lowest BCUT2D eigenvalue weighted by Gasteiger charge is -2.23. The van der Waals surface area contributed by atoms with Gasteiger partial charge in [0.05, 0.1) is 6.07 Å². The Balaban J connectivity index is 1.76. The summed E-state index contributed by atoms with van der Waals surface area (Å²) in [6.45, 7) is 2.16. The highest BCUT2D eigenvalue weighted by Crippen LogP contribution is 2.36. The fraction of sp³-hybridized carbons (Fsp3) is 0.562. The van der Waals surface area contributed by atoms with Crippen LogP contribution in [0.15, 0.2) is 24.3 Å². The number of rotatable bonds is 5.